The summed E-state index contributed by atoms with van der Waals surface area (Å²) in [5.74, 6) is -0.222. The molecule has 24 heavy (non-hydrogen) atoms. The number of carbonyl (C=O) groups excluding carboxylic acids is 1. The number of carbonyl (C=O) groups is 1. The molecule has 1 aliphatic heterocycles. The fraction of sp³-hybridized carbons (Fsp3) is 0.235. The second-order valence-electron chi connectivity index (χ2n) is 6.00. The average molecular weight is 345 g/mol. The Morgan fingerprint density at radius 3 is 2.04 bits per heavy atom. The molecule has 1 aliphatic rings. The van der Waals surface area contributed by atoms with E-state index < -0.39 is 15.3 Å². The molecular weight excluding hydrogens is 326 g/mol. The normalized spacial score (nSPS) is 18.1. The minimum absolute atomic E-state index is 0.0635. The second kappa shape index (κ2) is 6.26. The molecule has 3 rings (SSSR count). The van der Waals surface area contributed by atoms with Crippen LogP contribution in [0.3, 0.4) is 0 Å². The zero-order valence-electron chi connectivity index (χ0n) is 13.1. The molecule has 1 heterocycles. The van der Waals surface area contributed by atoms with E-state index in [0.29, 0.717) is 5.69 Å². The van der Waals surface area contributed by atoms with Gasteiger partial charge in [0, 0.05) is 24.3 Å². The van der Waals surface area contributed by atoms with E-state index in [0.717, 1.165) is 23.2 Å². The third kappa shape index (κ3) is 3.58. The number of hydrogen-bond acceptors (Lipinski definition) is 4. The van der Waals surface area contributed by atoms with Crippen LogP contribution in [-0.4, -0.2) is 26.1 Å². The van der Waals surface area contributed by atoms with Crippen molar-refractivity contribution in [3.8, 4) is 0 Å². The zero-order valence-corrected chi connectivity index (χ0v) is 13.9. The van der Waals surface area contributed by atoms with Crippen molar-refractivity contribution >= 4 is 27.3 Å². The summed E-state index contributed by atoms with van der Waals surface area (Å²) < 4.78 is 22.9. The van der Waals surface area contributed by atoms with E-state index in [1.165, 1.54) is 4.90 Å². The van der Waals surface area contributed by atoms with Crippen molar-refractivity contribution < 1.29 is 13.2 Å². The van der Waals surface area contributed by atoms with E-state index in [2.05, 4.69) is 0 Å². The molecule has 1 amide bonds. The van der Waals surface area contributed by atoms with Crippen LogP contribution in [0.4, 0.5) is 11.4 Å². The molecule has 0 aromatic heterocycles. The molecule has 1 fully saturated rings. The van der Waals surface area contributed by atoms with Crippen LogP contribution >= 0.6 is 0 Å². The summed E-state index contributed by atoms with van der Waals surface area (Å²) in [4.78, 5) is 13.5. The number of sulfonamides is 1. The minimum atomic E-state index is -3.70. The molecule has 0 spiro atoms. The van der Waals surface area contributed by atoms with Gasteiger partial charge in [0.2, 0.25) is 15.9 Å². The number of nitrogens with zero attached hydrogens (tertiary/aromatic N) is 1. The van der Waals surface area contributed by atoms with Gasteiger partial charge in [-0.15, -0.1) is 0 Å². The summed E-state index contributed by atoms with van der Waals surface area (Å²) in [5, 5.41) is 4.31. The standard InChI is InChI=1S/C17H19N3O3S/c18-14-5-1-12(2-6-14)9-13-3-7-15(8-4-13)20-11-16(10-17(20)21)24(19,22)23/h1-8,16H,9-11,18H2,(H2,19,22,23). The largest absolute Gasteiger partial charge is 0.399 e. The molecule has 126 valence electrons. The predicted octanol–water partition coefficient (Wildman–Crippen LogP) is 1.25. The van der Waals surface area contributed by atoms with Gasteiger partial charge in [-0.3, -0.25) is 4.79 Å². The first kappa shape index (κ1) is 16.5. The Labute approximate surface area is 141 Å². The van der Waals surface area contributed by atoms with E-state index in [1.807, 2.05) is 48.5 Å². The maximum atomic E-state index is 12.0. The highest BCUT2D eigenvalue weighted by Crippen LogP contribution is 2.25. The lowest BCUT2D eigenvalue weighted by atomic mass is 10.0. The Morgan fingerprint density at radius 2 is 1.54 bits per heavy atom. The highest BCUT2D eigenvalue weighted by molar-refractivity contribution is 7.89. The van der Waals surface area contributed by atoms with Crippen LogP contribution in [0.2, 0.25) is 0 Å². The van der Waals surface area contributed by atoms with Crippen LogP contribution in [0.1, 0.15) is 17.5 Å². The number of nitrogens with two attached hydrogens (primary N) is 2. The fourth-order valence-electron chi connectivity index (χ4n) is 2.81. The number of anilines is 2. The van der Waals surface area contributed by atoms with Crippen molar-refractivity contribution in [2.45, 2.75) is 18.1 Å². The van der Waals surface area contributed by atoms with Crippen LogP contribution in [0.5, 0.6) is 0 Å². The maximum absolute atomic E-state index is 12.0. The lowest BCUT2D eigenvalue weighted by Crippen LogP contribution is -2.32. The van der Waals surface area contributed by atoms with Gasteiger partial charge in [0.05, 0.1) is 0 Å². The number of nitrogen functional groups attached to an aromatic ring is 1. The van der Waals surface area contributed by atoms with Crippen LogP contribution < -0.4 is 15.8 Å². The molecule has 4 N–H and O–H groups in total. The summed E-state index contributed by atoms with van der Waals surface area (Å²) in [6.07, 6.45) is 0.695. The lowest BCUT2D eigenvalue weighted by Gasteiger charge is -2.16. The Hall–Kier alpha value is -2.38. The van der Waals surface area contributed by atoms with E-state index in [9.17, 15) is 13.2 Å². The Balaban J connectivity index is 1.73. The van der Waals surface area contributed by atoms with E-state index in [4.69, 9.17) is 10.9 Å². The van der Waals surface area contributed by atoms with Gasteiger partial charge in [0.15, 0.2) is 0 Å². The van der Waals surface area contributed by atoms with Gasteiger partial charge in [-0.2, -0.15) is 0 Å². The van der Waals surface area contributed by atoms with Gasteiger partial charge >= 0.3 is 0 Å². The first-order valence-electron chi connectivity index (χ1n) is 7.58. The van der Waals surface area contributed by atoms with E-state index in [1.54, 1.807) is 0 Å². The van der Waals surface area contributed by atoms with Crippen LogP contribution in [0, 0.1) is 0 Å². The molecule has 0 saturated carbocycles. The highest BCUT2D eigenvalue weighted by atomic mass is 32.2. The number of primary sulfonamides is 1. The Kier molecular flexibility index (Phi) is 4.29. The topological polar surface area (TPSA) is 106 Å². The van der Waals surface area contributed by atoms with Gasteiger partial charge in [-0.25, -0.2) is 13.6 Å². The van der Waals surface area contributed by atoms with E-state index in [-0.39, 0.29) is 18.9 Å². The molecule has 7 heteroatoms. The molecule has 2 aromatic rings. The van der Waals surface area contributed by atoms with Gasteiger partial charge in [-0.05, 0) is 41.8 Å². The van der Waals surface area contributed by atoms with Gasteiger partial charge < -0.3 is 10.6 Å². The number of amides is 1. The molecule has 0 radical (unpaired) electrons. The van der Waals surface area contributed by atoms with Crippen molar-refractivity contribution in [1.29, 1.82) is 0 Å². The van der Waals surface area contributed by atoms with Crippen LogP contribution in [0.15, 0.2) is 48.5 Å². The van der Waals surface area contributed by atoms with Crippen molar-refractivity contribution in [3.63, 3.8) is 0 Å². The summed E-state index contributed by atoms with van der Waals surface area (Å²) in [7, 11) is -3.70. The van der Waals surface area contributed by atoms with Crippen LogP contribution in [-0.2, 0) is 21.2 Å². The summed E-state index contributed by atoms with van der Waals surface area (Å²) >= 11 is 0. The number of hydrogen-bond donors (Lipinski definition) is 2. The molecule has 0 aliphatic carbocycles. The summed E-state index contributed by atoms with van der Waals surface area (Å²) in [6.45, 7) is 0.106. The average Bonchev–Trinajstić information content (AvgIpc) is 2.93. The smallest absolute Gasteiger partial charge is 0.228 e. The molecule has 0 bridgehead atoms. The van der Waals surface area contributed by atoms with Crippen molar-refractivity contribution in [2.75, 3.05) is 17.2 Å². The third-order valence-corrected chi connectivity index (χ3v) is 5.44. The summed E-state index contributed by atoms with van der Waals surface area (Å²) in [5.41, 5.74) is 9.33. The molecule has 1 saturated heterocycles. The fourth-order valence-corrected chi connectivity index (χ4v) is 3.54. The van der Waals surface area contributed by atoms with Crippen LogP contribution in [0.25, 0.3) is 0 Å². The van der Waals surface area contributed by atoms with Gasteiger partial charge in [0.25, 0.3) is 0 Å². The van der Waals surface area contributed by atoms with Crippen molar-refractivity contribution in [3.05, 3.63) is 59.7 Å². The van der Waals surface area contributed by atoms with Gasteiger partial charge in [0.1, 0.15) is 5.25 Å². The lowest BCUT2D eigenvalue weighted by molar-refractivity contribution is -0.117. The first-order chi connectivity index (χ1) is 11.3. The SMILES string of the molecule is Nc1ccc(Cc2ccc(N3CC(S(N)(=O)=O)CC3=O)cc2)cc1. The molecule has 1 unspecified atom stereocenters. The molecule has 6 nitrogen and oxygen atoms in total. The number of benzene rings is 2. The number of rotatable bonds is 4. The zero-order chi connectivity index (χ0) is 17.3. The maximum Gasteiger partial charge on any atom is 0.228 e. The highest BCUT2D eigenvalue weighted by Gasteiger charge is 2.37. The van der Waals surface area contributed by atoms with Crippen molar-refractivity contribution in [2.24, 2.45) is 5.14 Å². The Bertz CT molecular complexity index is 846. The molecule has 2 aromatic carbocycles. The summed E-state index contributed by atoms with van der Waals surface area (Å²) in [6, 6.07) is 15.2. The second-order valence-corrected chi connectivity index (χ2v) is 7.85. The third-order valence-electron chi connectivity index (χ3n) is 4.19. The molecule has 1 atom stereocenters. The van der Waals surface area contributed by atoms with E-state index >= 15 is 0 Å². The van der Waals surface area contributed by atoms with Crippen molar-refractivity contribution in [1.82, 2.24) is 0 Å². The Morgan fingerprint density at radius 1 is 1.00 bits per heavy atom. The quantitative estimate of drug-likeness (QED) is 0.813. The monoisotopic (exact) mass is 345 g/mol. The predicted molar refractivity (Wildman–Crippen MR) is 94.0 cm³/mol. The minimum Gasteiger partial charge on any atom is -0.399 e. The molecular formula is C17H19N3O3S. The first-order valence-corrected chi connectivity index (χ1v) is 9.19. The van der Waals surface area contributed by atoms with Gasteiger partial charge in [-0.1, -0.05) is 24.3 Å².